The lowest BCUT2D eigenvalue weighted by Gasteiger charge is -2.26. The molecule has 0 spiro atoms. The molecule has 2 atom stereocenters. The predicted molar refractivity (Wildman–Crippen MR) is 93.2 cm³/mol. The fourth-order valence-electron chi connectivity index (χ4n) is 1.89. The lowest BCUT2D eigenvalue weighted by atomic mass is 10.0. The summed E-state index contributed by atoms with van der Waals surface area (Å²) < 4.78 is 0. The molecule has 0 aliphatic heterocycles. The number of benzene rings is 1. The van der Waals surface area contributed by atoms with Gasteiger partial charge in [-0.1, -0.05) is 44.2 Å². The van der Waals surface area contributed by atoms with Gasteiger partial charge in [0.2, 0.25) is 5.91 Å². The summed E-state index contributed by atoms with van der Waals surface area (Å²) in [6.45, 7) is 4.46. The normalized spacial score (nSPS) is 13.1. The third-order valence-corrected chi connectivity index (χ3v) is 3.30. The molecule has 1 aromatic rings. The largest absolute Gasteiger partial charge is 0.353 e. The number of hydrogen-bond donors (Lipinski definition) is 2. The van der Waals surface area contributed by atoms with Crippen molar-refractivity contribution < 1.29 is 4.79 Å². The summed E-state index contributed by atoms with van der Waals surface area (Å²) in [5.41, 5.74) is 7.02. The Balaban J connectivity index is 0. The van der Waals surface area contributed by atoms with Crippen LogP contribution in [0.3, 0.4) is 0 Å². The highest BCUT2D eigenvalue weighted by Gasteiger charge is 2.20. The minimum atomic E-state index is -0.446. The first-order valence-corrected chi connectivity index (χ1v) is 6.68. The van der Waals surface area contributed by atoms with E-state index in [1.54, 1.807) is 0 Å². The van der Waals surface area contributed by atoms with Gasteiger partial charge >= 0.3 is 0 Å². The first-order chi connectivity index (χ1) is 8.93. The monoisotopic (exact) mass is 335 g/mol. The van der Waals surface area contributed by atoms with Crippen LogP contribution in [0.25, 0.3) is 0 Å². The van der Waals surface area contributed by atoms with Crippen molar-refractivity contribution in [3.63, 3.8) is 0 Å². The van der Waals surface area contributed by atoms with Gasteiger partial charge in [-0.3, -0.25) is 4.79 Å². The number of carbonyl (C=O) groups excluding carboxylic acids is 1. The fourth-order valence-corrected chi connectivity index (χ4v) is 1.89. The molecular weight excluding hydrogens is 309 g/mol. The Bertz CT molecular complexity index is 399. The van der Waals surface area contributed by atoms with Crippen LogP contribution in [0, 0.1) is 5.92 Å². The predicted octanol–water partition coefficient (Wildman–Crippen LogP) is 2.23. The standard InChI is InChI=1S/C15H25N3O.2ClH/c1-11(2)14(16)15(19)17-10-13(18(3)4)12-8-6-5-7-9-12;;/h5-9,11,13-14H,10,16H2,1-4H3,(H,17,19);2*1H/t13?,14-;;/m1../s1. The van der Waals surface area contributed by atoms with E-state index in [0.717, 1.165) is 0 Å². The Labute approximate surface area is 140 Å². The molecule has 6 heteroatoms. The highest BCUT2D eigenvalue weighted by atomic mass is 35.5. The topological polar surface area (TPSA) is 58.4 Å². The van der Waals surface area contributed by atoms with Crippen molar-refractivity contribution in [1.29, 1.82) is 0 Å². The van der Waals surface area contributed by atoms with Crippen LogP contribution in [0.1, 0.15) is 25.5 Å². The first kappa shape index (κ1) is 22.5. The molecule has 1 aromatic carbocycles. The quantitative estimate of drug-likeness (QED) is 0.838. The summed E-state index contributed by atoms with van der Waals surface area (Å²) in [7, 11) is 4.01. The van der Waals surface area contributed by atoms with E-state index in [-0.39, 0.29) is 42.7 Å². The van der Waals surface area contributed by atoms with Crippen LogP contribution in [-0.4, -0.2) is 37.5 Å². The number of hydrogen-bond acceptors (Lipinski definition) is 3. The average molecular weight is 336 g/mol. The molecule has 0 radical (unpaired) electrons. The van der Waals surface area contributed by atoms with Gasteiger partial charge in [0.05, 0.1) is 12.1 Å². The van der Waals surface area contributed by atoms with E-state index < -0.39 is 6.04 Å². The van der Waals surface area contributed by atoms with Crippen molar-refractivity contribution in [2.45, 2.75) is 25.9 Å². The molecule has 21 heavy (non-hydrogen) atoms. The van der Waals surface area contributed by atoms with E-state index >= 15 is 0 Å². The van der Waals surface area contributed by atoms with Gasteiger partial charge in [-0.2, -0.15) is 0 Å². The molecule has 0 bridgehead atoms. The molecule has 1 unspecified atom stereocenters. The number of carbonyl (C=O) groups is 1. The van der Waals surface area contributed by atoms with Crippen molar-refractivity contribution in [2.24, 2.45) is 11.7 Å². The van der Waals surface area contributed by atoms with Crippen LogP contribution in [-0.2, 0) is 4.79 Å². The molecule has 1 rings (SSSR count). The molecule has 1 amide bonds. The summed E-state index contributed by atoms with van der Waals surface area (Å²) in [4.78, 5) is 14.0. The first-order valence-electron chi connectivity index (χ1n) is 6.68. The number of nitrogens with zero attached hydrogens (tertiary/aromatic N) is 1. The molecule has 0 fully saturated rings. The SMILES string of the molecule is CC(C)[C@@H](N)C(=O)NCC(c1ccccc1)N(C)C.Cl.Cl. The molecule has 0 aliphatic carbocycles. The van der Waals surface area contributed by atoms with E-state index in [9.17, 15) is 4.79 Å². The van der Waals surface area contributed by atoms with Crippen molar-refractivity contribution in [2.75, 3.05) is 20.6 Å². The third kappa shape index (κ3) is 7.14. The maximum atomic E-state index is 11.9. The molecule has 0 saturated carbocycles. The Kier molecular flexibility index (Phi) is 11.6. The van der Waals surface area contributed by atoms with E-state index in [2.05, 4.69) is 22.3 Å². The van der Waals surface area contributed by atoms with Crippen molar-refractivity contribution in [3.8, 4) is 0 Å². The summed E-state index contributed by atoms with van der Waals surface area (Å²) >= 11 is 0. The second kappa shape index (κ2) is 10.9. The maximum Gasteiger partial charge on any atom is 0.237 e. The molecule has 0 heterocycles. The zero-order chi connectivity index (χ0) is 14.4. The number of halogens is 2. The average Bonchev–Trinajstić information content (AvgIpc) is 2.38. The molecule has 122 valence electrons. The molecule has 3 N–H and O–H groups in total. The van der Waals surface area contributed by atoms with E-state index in [1.165, 1.54) is 5.56 Å². The molecular formula is C15H27Cl2N3O. The van der Waals surface area contributed by atoms with E-state index in [1.807, 2.05) is 46.1 Å². The van der Waals surface area contributed by atoms with Gasteiger partial charge in [0, 0.05) is 6.54 Å². The fraction of sp³-hybridized carbons (Fsp3) is 0.533. The van der Waals surface area contributed by atoms with Gasteiger partial charge in [-0.25, -0.2) is 0 Å². The number of likely N-dealkylation sites (N-methyl/N-ethyl adjacent to an activating group) is 1. The van der Waals surface area contributed by atoms with E-state index in [4.69, 9.17) is 5.73 Å². The Morgan fingerprint density at radius 3 is 2.14 bits per heavy atom. The summed E-state index contributed by atoms with van der Waals surface area (Å²) in [5, 5.41) is 2.94. The highest BCUT2D eigenvalue weighted by molar-refractivity contribution is 5.85. The highest BCUT2D eigenvalue weighted by Crippen LogP contribution is 2.16. The van der Waals surface area contributed by atoms with Crippen molar-refractivity contribution >= 4 is 30.7 Å². The van der Waals surface area contributed by atoms with Crippen LogP contribution in [0.5, 0.6) is 0 Å². The van der Waals surface area contributed by atoms with Crippen LogP contribution in [0.2, 0.25) is 0 Å². The van der Waals surface area contributed by atoms with E-state index in [0.29, 0.717) is 6.54 Å². The van der Waals surface area contributed by atoms with Crippen LogP contribution >= 0.6 is 24.8 Å². The molecule has 4 nitrogen and oxygen atoms in total. The van der Waals surface area contributed by atoms with Gasteiger partial charge in [0.15, 0.2) is 0 Å². The van der Waals surface area contributed by atoms with Crippen LogP contribution in [0.15, 0.2) is 30.3 Å². The summed E-state index contributed by atoms with van der Waals surface area (Å²) in [6, 6.07) is 9.85. The zero-order valence-corrected chi connectivity index (χ0v) is 14.7. The minimum Gasteiger partial charge on any atom is -0.353 e. The molecule has 0 aromatic heterocycles. The number of nitrogens with two attached hydrogens (primary N) is 1. The number of rotatable bonds is 6. The number of amides is 1. The lowest BCUT2D eigenvalue weighted by molar-refractivity contribution is -0.123. The Hall–Kier alpha value is -0.810. The zero-order valence-electron chi connectivity index (χ0n) is 13.1. The maximum absolute atomic E-state index is 11.9. The van der Waals surface area contributed by atoms with Crippen molar-refractivity contribution in [3.05, 3.63) is 35.9 Å². The Morgan fingerprint density at radius 1 is 1.19 bits per heavy atom. The summed E-state index contributed by atoms with van der Waals surface area (Å²) in [5.74, 6) is 0.0623. The number of nitrogens with one attached hydrogen (secondary N) is 1. The second-order valence-corrected chi connectivity index (χ2v) is 5.41. The van der Waals surface area contributed by atoms with Crippen LogP contribution < -0.4 is 11.1 Å². The Morgan fingerprint density at radius 2 is 1.71 bits per heavy atom. The van der Waals surface area contributed by atoms with Crippen LogP contribution in [0.4, 0.5) is 0 Å². The lowest BCUT2D eigenvalue weighted by Crippen LogP contribution is -2.46. The van der Waals surface area contributed by atoms with Crippen molar-refractivity contribution in [1.82, 2.24) is 10.2 Å². The minimum absolute atomic E-state index is 0. The molecule has 0 aliphatic rings. The van der Waals surface area contributed by atoms with Gasteiger partial charge < -0.3 is 16.0 Å². The van der Waals surface area contributed by atoms with Gasteiger partial charge in [0.1, 0.15) is 0 Å². The van der Waals surface area contributed by atoms with Gasteiger partial charge in [-0.15, -0.1) is 24.8 Å². The van der Waals surface area contributed by atoms with Gasteiger partial charge in [0.25, 0.3) is 0 Å². The smallest absolute Gasteiger partial charge is 0.237 e. The van der Waals surface area contributed by atoms with Gasteiger partial charge in [-0.05, 0) is 25.6 Å². The molecule has 0 saturated heterocycles. The third-order valence-electron chi connectivity index (χ3n) is 3.30. The second-order valence-electron chi connectivity index (χ2n) is 5.41. The summed E-state index contributed by atoms with van der Waals surface area (Å²) in [6.07, 6.45) is 0.